The third-order valence-electron chi connectivity index (χ3n) is 2.99. The van der Waals surface area contributed by atoms with E-state index in [2.05, 4.69) is 13.8 Å². The van der Waals surface area contributed by atoms with Gasteiger partial charge in [0, 0.05) is 24.7 Å². The zero-order chi connectivity index (χ0) is 12.8. The molecular weight excluding hydrogens is 214 g/mol. The number of Topliss-reactive ketones (excluding diaryl/α,β-unsaturated/α-hetero) is 1. The van der Waals surface area contributed by atoms with E-state index in [0.29, 0.717) is 17.9 Å². The van der Waals surface area contributed by atoms with Crippen molar-refractivity contribution in [2.45, 2.75) is 26.7 Å². The van der Waals surface area contributed by atoms with E-state index < -0.39 is 0 Å². The Hall–Kier alpha value is -1.64. The van der Waals surface area contributed by atoms with E-state index in [1.165, 1.54) is 4.90 Å². The molecule has 0 aliphatic rings. The zero-order valence-corrected chi connectivity index (χ0v) is 10.6. The van der Waals surface area contributed by atoms with Gasteiger partial charge in [0.25, 0.3) is 0 Å². The van der Waals surface area contributed by atoms with E-state index in [0.717, 1.165) is 18.5 Å². The minimum Gasteiger partial charge on any atom is -0.318 e. The molecular formula is C14H19NO2. The highest BCUT2D eigenvalue weighted by Crippen LogP contribution is 2.16. The number of carbonyl (C=O) groups excluding carboxylic acids is 2. The maximum atomic E-state index is 11.9. The van der Waals surface area contributed by atoms with Gasteiger partial charge >= 0.3 is 0 Å². The number of hydrogen-bond acceptors (Lipinski definition) is 2. The molecule has 1 aromatic rings. The third kappa shape index (κ3) is 3.70. The van der Waals surface area contributed by atoms with Gasteiger partial charge < -0.3 is 4.90 Å². The van der Waals surface area contributed by atoms with Crippen molar-refractivity contribution in [1.29, 1.82) is 0 Å². The normalized spacial score (nSPS) is 11.9. The third-order valence-corrected chi connectivity index (χ3v) is 2.99. The van der Waals surface area contributed by atoms with Crippen molar-refractivity contribution in [2.75, 3.05) is 11.9 Å². The average molecular weight is 233 g/mol. The van der Waals surface area contributed by atoms with Gasteiger partial charge in [0.1, 0.15) is 0 Å². The Morgan fingerprint density at radius 3 is 2.41 bits per heavy atom. The molecule has 1 amide bonds. The first-order valence-corrected chi connectivity index (χ1v) is 5.89. The lowest BCUT2D eigenvalue weighted by Gasteiger charge is -2.11. The summed E-state index contributed by atoms with van der Waals surface area (Å²) in [6.07, 6.45) is 2.34. The summed E-state index contributed by atoms with van der Waals surface area (Å²) in [7, 11) is 1.68. The van der Waals surface area contributed by atoms with E-state index in [1.54, 1.807) is 31.3 Å². The lowest BCUT2D eigenvalue weighted by atomic mass is 9.98. The van der Waals surface area contributed by atoms with E-state index >= 15 is 0 Å². The van der Waals surface area contributed by atoms with Crippen molar-refractivity contribution in [3.63, 3.8) is 0 Å². The number of rotatable bonds is 6. The molecule has 0 fully saturated rings. The molecule has 92 valence electrons. The molecule has 0 bridgehead atoms. The standard InChI is InChI=1S/C14H19NO2/c1-4-11(2)9-14(17)12-5-7-13(8-6-12)15(3)10-16/h5-8,10-11H,4,9H2,1-3H3. The molecule has 1 atom stereocenters. The zero-order valence-electron chi connectivity index (χ0n) is 10.6. The quantitative estimate of drug-likeness (QED) is 0.559. The second-order valence-corrected chi connectivity index (χ2v) is 4.40. The van der Waals surface area contributed by atoms with Crippen molar-refractivity contribution < 1.29 is 9.59 Å². The molecule has 0 heterocycles. The summed E-state index contributed by atoms with van der Waals surface area (Å²) in [5, 5.41) is 0. The van der Waals surface area contributed by atoms with Gasteiger partial charge in [-0.05, 0) is 30.2 Å². The fourth-order valence-electron chi connectivity index (χ4n) is 1.52. The summed E-state index contributed by atoms with van der Waals surface area (Å²) < 4.78 is 0. The van der Waals surface area contributed by atoms with Crippen molar-refractivity contribution in [2.24, 2.45) is 5.92 Å². The molecule has 1 rings (SSSR count). The molecule has 0 aliphatic carbocycles. The first-order chi connectivity index (χ1) is 8.08. The topological polar surface area (TPSA) is 37.4 Å². The van der Waals surface area contributed by atoms with Crippen LogP contribution in [0.3, 0.4) is 0 Å². The number of amides is 1. The molecule has 0 saturated carbocycles. The smallest absolute Gasteiger partial charge is 0.213 e. The number of anilines is 1. The second kappa shape index (κ2) is 6.18. The first-order valence-electron chi connectivity index (χ1n) is 5.89. The number of ketones is 1. The highest BCUT2D eigenvalue weighted by atomic mass is 16.1. The molecule has 0 aromatic heterocycles. The number of hydrogen-bond donors (Lipinski definition) is 0. The Kier molecular flexibility index (Phi) is 4.88. The minimum atomic E-state index is 0.166. The van der Waals surface area contributed by atoms with Crippen molar-refractivity contribution in [3.05, 3.63) is 29.8 Å². The molecule has 3 heteroatoms. The van der Waals surface area contributed by atoms with Gasteiger partial charge in [-0.25, -0.2) is 0 Å². The first kappa shape index (κ1) is 13.4. The van der Waals surface area contributed by atoms with Crippen LogP contribution in [-0.2, 0) is 4.79 Å². The van der Waals surface area contributed by atoms with Crippen LogP contribution in [0.2, 0.25) is 0 Å². The van der Waals surface area contributed by atoms with E-state index in [9.17, 15) is 9.59 Å². The van der Waals surface area contributed by atoms with Gasteiger partial charge in [-0.1, -0.05) is 20.3 Å². The molecule has 17 heavy (non-hydrogen) atoms. The highest BCUT2D eigenvalue weighted by Gasteiger charge is 2.10. The van der Waals surface area contributed by atoms with Crippen LogP contribution in [0.25, 0.3) is 0 Å². The van der Waals surface area contributed by atoms with Gasteiger partial charge in [0.2, 0.25) is 6.41 Å². The van der Waals surface area contributed by atoms with Crippen molar-refractivity contribution >= 4 is 17.9 Å². The Morgan fingerprint density at radius 2 is 1.94 bits per heavy atom. The van der Waals surface area contributed by atoms with Crippen LogP contribution in [0.5, 0.6) is 0 Å². The largest absolute Gasteiger partial charge is 0.318 e. The van der Waals surface area contributed by atoms with Crippen LogP contribution in [0.1, 0.15) is 37.0 Å². The monoisotopic (exact) mass is 233 g/mol. The number of benzene rings is 1. The molecule has 0 radical (unpaired) electrons. The Balaban J connectivity index is 2.73. The predicted octanol–water partition coefficient (Wildman–Crippen LogP) is 2.90. The number of nitrogens with zero attached hydrogens (tertiary/aromatic N) is 1. The summed E-state index contributed by atoms with van der Waals surface area (Å²) in [4.78, 5) is 23.9. The molecule has 0 saturated heterocycles. The van der Waals surface area contributed by atoms with Crippen LogP contribution < -0.4 is 4.90 Å². The molecule has 1 unspecified atom stereocenters. The van der Waals surface area contributed by atoms with Gasteiger partial charge in [-0.15, -0.1) is 0 Å². The summed E-state index contributed by atoms with van der Waals surface area (Å²) in [6, 6.07) is 7.14. The minimum absolute atomic E-state index is 0.166. The van der Waals surface area contributed by atoms with Gasteiger partial charge in [0.15, 0.2) is 5.78 Å². The average Bonchev–Trinajstić information content (AvgIpc) is 2.37. The Morgan fingerprint density at radius 1 is 1.35 bits per heavy atom. The fraction of sp³-hybridized carbons (Fsp3) is 0.429. The van der Waals surface area contributed by atoms with E-state index in [1.807, 2.05) is 0 Å². The van der Waals surface area contributed by atoms with Gasteiger partial charge in [-0.3, -0.25) is 9.59 Å². The Bertz CT molecular complexity index is 384. The van der Waals surface area contributed by atoms with Crippen LogP contribution in [0.15, 0.2) is 24.3 Å². The van der Waals surface area contributed by atoms with Crippen LogP contribution in [-0.4, -0.2) is 19.2 Å². The van der Waals surface area contributed by atoms with Gasteiger partial charge in [0.05, 0.1) is 0 Å². The molecule has 1 aromatic carbocycles. The van der Waals surface area contributed by atoms with Crippen molar-refractivity contribution in [3.8, 4) is 0 Å². The second-order valence-electron chi connectivity index (χ2n) is 4.40. The molecule has 0 spiro atoms. The lowest BCUT2D eigenvalue weighted by molar-refractivity contribution is -0.107. The highest BCUT2D eigenvalue weighted by molar-refractivity contribution is 5.96. The summed E-state index contributed by atoms with van der Waals surface area (Å²) in [6.45, 7) is 4.16. The summed E-state index contributed by atoms with van der Waals surface area (Å²) in [5.41, 5.74) is 1.51. The molecule has 3 nitrogen and oxygen atoms in total. The van der Waals surface area contributed by atoms with Crippen LogP contribution in [0, 0.1) is 5.92 Å². The predicted molar refractivity (Wildman–Crippen MR) is 69.3 cm³/mol. The summed E-state index contributed by atoms with van der Waals surface area (Å²) >= 11 is 0. The number of carbonyl (C=O) groups is 2. The van der Waals surface area contributed by atoms with E-state index in [-0.39, 0.29) is 5.78 Å². The van der Waals surface area contributed by atoms with Crippen LogP contribution in [0.4, 0.5) is 5.69 Å². The Labute approximate surface area is 102 Å². The molecule has 0 N–H and O–H groups in total. The fourth-order valence-corrected chi connectivity index (χ4v) is 1.52. The molecule has 0 aliphatic heterocycles. The van der Waals surface area contributed by atoms with E-state index in [4.69, 9.17) is 0 Å². The lowest BCUT2D eigenvalue weighted by Crippen LogP contribution is -2.13. The summed E-state index contributed by atoms with van der Waals surface area (Å²) in [5.74, 6) is 0.583. The van der Waals surface area contributed by atoms with Gasteiger partial charge in [-0.2, -0.15) is 0 Å². The SMILES string of the molecule is CCC(C)CC(=O)c1ccc(N(C)C=O)cc1. The maximum Gasteiger partial charge on any atom is 0.213 e. The van der Waals surface area contributed by atoms with Crippen molar-refractivity contribution in [1.82, 2.24) is 0 Å². The van der Waals surface area contributed by atoms with Crippen LogP contribution >= 0.6 is 0 Å². The maximum absolute atomic E-state index is 11.9.